The number of ether oxygens (including phenoxy) is 1. The number of benzene rings is 1. The van der Waals surface area contributed by atoms with Crippen molar-refractivity contribution in [2.75, 3.05) is 7.11 Å². The molecule has 0 spiro atoms. The third kappa shape index (κ3) is 1.93. The first kappa shape index (κ1) is 10.4. The van der Waals surface area contributed by atoms with Crippen LogP contribution in [-0.4, -0.2) is 18.4 Å². The lowest BCUT2D eigenvalue weighted by Gasteiger charge is -2.05. The Bertz CT molecular complexity index is 509. The van der Waals surface area contributed by atoms with Crippen LogP contribution in [-0.2, 0) is 0 Å². The maximum absolute atomic E-state index is 10.9. The maximum Gasteiger partial charge on any atom is 0.213 e. The van der Waals surface area contributed by atoms with Gasteiger partial charge in [0.1, 0.15) is 0 Å². The summed E-state index contributed by atoms with van der Waals surface area (Å²) in [6.45, 7) is 0. The number of rotatable bonds is 3. The lowest BCUT2D eigenvalue weighted by atomic mass is 10.1. The predicted octanol–water partition coefficient (Wildman–Crippen LogP) is 2.57. The van der Waals surface area contributed by atoms with Crippen molar-refractivity contribution in [3.63, 3.8) is 0 Å². The fraction of sp³-hybridized carbons (Fsp3) is 0.0769. The summed E-state index contributed by atoms with van der Waals surface area (Å²) in [5.74, 6) is 0.540. The van der Waals surface area contributed by atoms with Gasteiger partial charge in [-0.1, -0.05) is 30.3 Å². The molecule has 0 saturated carbocycles. The van der Waals surface area contributed by atoms with Crippen molar-refractivity contribution < 1.29 is 9.53 Å². The van der Waals surface area contributed by atoms with Crippen LogP contribution in [0.5, 0.6) is 5.88 Å². The Hall–Kier alpha value is -2.16. The van der Waals surface area contributed by atoms with E-state index in [-0.39, 0.29) is 0 Å². The van der Waals surface area contributed by atoms with Gasteiger partial charge in [0, 0.05) is 17.2 Å². The highest BCUT2D eigenvalue weighted by Gasteiger charge is 2.05. The first-order valence-electron chi connectivity index (χ1n) is 4.91. The molecule has 0 N–H and O–H groups in total. The van der Waals surface area contributed by atoms with Gasteiger partial charge in [0.05, 0.1) is 12.8 Å². The molecule has 0 aliphatic carbocycles. The number of nitrogens with zero attached hydrogens (tertiary/aromatic N) is 1. The lowest BCUT2D eigenvalue weighted by molar-refractivity contribution is 0.112. The van der Waals surface area contributed by atoms with Gasteiger partial charge in [0.25, 0.3) is 0 Å². The average molecular weight is 213 g/mol. The molecule has 3 nitrogen and oxygen atoms in total. The number of carbonyl (C=O) groups is 1. The third-order valence-corrected chi connectivity index (χ3v) is 2.30. The molecule has 1 heterocycles. The van der Waals surface area contributed by atoms with Crippen molar-refractivity contribution in [2.24, 2.45) is 0 Å². The largest absolute Gasteiger partial charge is 0.481 e. The van der Waals surface area contributed by atoms with Crippen molar-refractivity contribution in [2.45, 2.75) is 0 Å². The van der Waals surface area contributed by atoms with Gasteiger partial charge in [-0.3, -0.25) is 4.79 Å². The normalized spacial score (nSPS) is 9.81. The zero-order valence-electron chi connectivity index (χ0n) is 8.88. The van der Waals surface area contributed by atoms with E-state index in [4.69, 9.17) is 4.74 Å². The first-order valence-corrected chi connectivity index (χ1v) is 4.91. The molecule has 16 heavy (non-hydrogen) atoms. The van der Waals surface area contributed by atoms with Crippen molar-refractivity contribution in [3.05, 3.63) is 48.0 Å². The second kappa shape index (κ2) is 4.57. The minimum Gasteiger partial charge on any atom is -0.481 e. The van der Waals surface area contributed by atoms with Gasteiger partial charge < -0.3 is 4.74 Å². The van der Waals surface area contributed by atoms with Crippen LogP contribution in [0.15, 0.2) is 42.5 Å². The van der Waals surface area contributed by atoms with E-state index in [1.807, 2.05) is 30.3 Å². The molecule has 80 valence electrons. The highest BCUT2D eigenvalue weighted by molar-refractivity contribution is 5.86. The van der Waals surface area contributed by atoms with Gasteiger partial charge in [-0.25, -0.2) is 4.98 Å². The van der Waals surface area contributed by atoms with E-state index in [1.165, 1.54) is 0 Å². The van der Waals surface area contributed by atoms with Crippen molar-refractivity contribution in [3.8, 4) is 17.1 Å². The van der Waals surface area contributed by atoms with Crippen LogP contribution in [0.3, 0.4) is 0 Å². The summed E-state index contributed by atoms with van der Waals surface area (Å²) >= 11 is 0. The van der Waals surface area contributed by atoms with Gasteiger partial charge in [-0.2, -0.15) is 0 Å². The van der Waals surface area contributed by atoms with Crippen LogP contribution in [0.4, 0.5) is 0 Å². The Kier molecular flexibility index (Phi) is 2.96. The van der Waals surface area contributed by atoms with Gasteiger partial charge in [0.15, 0.2) is 6.29 Å². The minimum absolute atomic E-state index is 0.540. The summed E-state index contributed by atoms with van der Waals surface area (Å²) in [4.78, 5) is 15.2. The standard InChI is InChI=1S/C13H11NO2/c1-16-13-8-4-7-12(14-13)11-6-3-2-5-10(11)9-15/h2-9H,1H3. The molecule has 0 atom stereocenters. The summed E-state index contributed by atoms with van der Waals surface area (Å²) < 4.78 is 5.05. The van der Waals surface area contributed by atoms with E-state index in [2.05, 4.69) is 4.98 Å². The van der Waals surface area contributed by atoms with Gasteiger partial charge in [-0.15, -0.1) is 0 Å². The highest BCUT2D eigenvalue weighted by Crippen LogP contribution is 2.22. The molecular weight excluding hydrogens is 202 g/mol. The van der Waals surface area contributed by atoms with Crippen LogP contribution in [0.25, 0.3) is 11.3 Å². The molecule has 0 saturated heterocycles. The highest BCUT2D eigenvalue weighted by atomic mass is 16.5. The number of hydrogen-bond acceptors (Lipinski definition) is 3. The number of carbonyl (C=O) groups excluding carboxylic acids is 1. The maximum atomic E-state index is 10.9. The van der Waals surface area contributed by atoms with Crippen LogP contribution in [0, 0.1) is 0 Å². The fourth-order valence-electron chi connectivity index (χ4n) is 1.51. The summed E-state index contributed by atoms with van der Waals surface area (Å²) in [6, 6.07) is 12.8. The molecule has 0 fully saturated rings. The molecule has 3 heteroatoms. The van der Waals surface area contributed by atoms with Crippen LogP contribution in [0.1, 0.15) is 10.4 Å². The second-order valence-electron chi connectivity index (χ2n) is 3.27. The molecule has 1 aromatic carbocycles. The molecule has 0 aliphatic rings. The van der Waals surface area contributed by atoms with Crippen molar-refractivity contribution >= 4 is 6.29 Å². The van der Waals surface area contributed by atoms with E-state index in [9.17, 15) is 4.79 Å². The topological polar surface area (TPSA) is 39.2 Å². The Morgan fingerprint density at radius 2 is 1.94 bits per heavy atom. The summed E-state index contributed by atoms with van der Waals surface area (Å²) in [7, 11) is 1.57. The molecule has 0 bridgehead atoms. The van der Waals surface area contributed by atoms with E-state index in [0.717, 1.165) is 17.5 Å². The van der Waals surface area contributed by atoms with Crippen molar-refractivity contribution in [1.29, 1.82) is 0 Å². The number of hydrogen-bond donors (Lipinski definition) is 0. The third-order valence-electron chi connectivity index (χ3n) is 2.30. The molecule has 0 amide bonds. The monoisotopic (exact) mass is 213 g/mol. The van der Waals surface area contributed by atoms with Crippen LogP contribution in [0.2, 0.25) is 0 Å². The fourth-order valence-corrected chi connectivity index (χ4v) is 1.51. The quantitative estimate of drug-likeness (QED) is 0.735. The molecule has 2 rings (SSSR count). The zero-order chi connectivity index (χ0) is 11.4. The Labute approximate surface area is 93.7 Å². The number of aromatic nitrogens is 1. The number of methoxy groups -OCH3 is 1. The number of pyridine rings is 1. The lowest BCUT2D eigenvalue weighted by Crippen LogP contribution is -1.92. The zero-order valence-corrected chi connectivity index (χ0v) is 8.88. The summed E-state index contributed by atoms with van der Waals surface area (Å²) in [5.41, 5.74) is 2.18. The predicted molar refractivity (Wildman–Crippen MR) is 61.6 cm³/mol. The molecule has 0 aliphatic heterocycles. The van der Waals surface area contributed by atoms with E-state index < -0.39 is 0 Å². The Balaban J connectivity index is 2.53. The molecule has 0 radical (unpaired) electrons. The smallest absolute Gasteiger partial charge is 0.213 e. The first-order chi connectivity index (χ1) is 7.85. The summed E-state index contributed by atoms with van der Waals surface area (Å²) in [5, 5.41) is 0. The summed E-state index contributed by atoms with van der Waals surface area (Å²) in [6.07, 6.45) is 0.830. The van der Waals surface area contributed by atoms with Gasteiger partial charge >= 0.3 is 0 Å². The van der Waals surface area contributed by atoms with E-state index >= 15 is 0 Å². The molecule has 0 unspecified atom stereocenters. The average Bonchev–Trinajstić information content (AvgIpc) is 2.38. The Morgan fingerprint density at radius 1 is 1.12 bits per heavy atom. The second-order valence-corrected chi connectivity index (χ2v) is 3.27. The van der Waals surface area contributed by atoms with Crippen LogP contribution < -0.4 is 4.74 Å². The van der Waals surface area contributed by atoms with E-state index in [0.29, 0.717) is 11.4 Å². The minimum atomic E-state index is 0.540. The molecule has 1 aromatic heterocycles. The SMILES string of the molecule is COc1cccc(-c2ccccc2C=O)n1. The van der Waals surface area contributed by atoms with Gasteiger partial charge in [0.2, 0.25) is 5.88 Å². The van der Waals surface area contributed by atoms with Crippen molar-refractivity contribution in [1.82, 2.24) is 4.98 Å². The van der Waals surface area contributed by atoms with Gasteiger partial charge in [-0.05, 0) is 6.07 Å². The molecular formula is C13H11NO2. The van der Waals surface area contributed by atoms with E-state index in [1.54, 1.807) is 19.2 Å². The molecule has 2 aromatic rings. The number of aldehydes is 1. The Morgan fingerprint density at radius 3 is 2.69 bits per heavy atom. The van der Waals surface area contributed by atoms with Crippen LogP contribution >= 0.6 is 0 Å².